The summed E-state index contributed by atoms with van der Waals surface area (Å²) in [5.74, 6) is 0. The summed E-state index contributed by atoms with van der Waals surface area (Å²) in [4.78, 5) is 12.5. The molecule has 0 amide bonds. The summed E-state index contributed by atoms with van der Waals surface area (Å²) in [5.41, 5.74) is 1.62. The quantitative estimate of drug-likeness (QED) is 0.602. The molecule has 1 aromatic carbocycles. The van der Waals surface area contributed by atoms with Gasteiger partial charge in [-0.25, -0.2) is 0 Å². The van der Waals surface area contributed by atoms with Crippen LogP contribution in [0.3, 0.4) is 0 Å². The van der Waals surface area contributed by atoms with Gasteiger partial charge in [0, 0.05) is 32.1 Å². The van der Waals surface area contributed by atoms with Crippen molar-refractivity contribution < 1.29 is 4.92 Å². The number of hydrogen-bond acceptors (Lipinski definition) is 5. The van der Waals surface area contributed by atoms with Crippen LogP contribution in [0.25, 0.3) is 0 Å². The van der Waals surface area contributed by atoms with E-state index >= 15 is 0 Å². The van der Waals surface area contributed by atoms with Gasteiger partial charge in [-0.3, -0.25) is 10.1 Å². The van der Waals surface area contributed by atoms with Crippen LogP contribution in [0.15, 0.2) is 18.2 Å². The first-order valence-electron chi connectivity index (χ1n) is 6.15. The van der Waals surface area contributed by atoms with Crippen LogP contribution in [-0.2, 0) is 6.54 Å². The van der Waals surface area contributed by atoms with Gasteiger partial charge in [-0.1, -0.05) is 6.07 Å². The van der Waals surface area contributed by atoms with Crippen LogP contribution in [0.2, 0.25) is 0 Å². The molecule has 6 nitrogen and oxygen atoms in total. The summed E-state index contributed by atoms with van der Waals surface area (Å²) in [6, 6.07) is 7.16. The fourth-order valence-corrected chi connectivity index (χ4v) is 1.80. The lowest BCUT2D eigenvalue weighted by molar-refractivity contribution is -0.384. The zero-order valence-corrected chi connectivity index (χ0v) is 11.2. The first kappa shape index (κ1) is 14.9. The van der Waals surface area contributed by atoms with Crippen LogP contribution in [0.4, 0.5) is 11.4 Å². The molecule has 0 bridgehead atoms. The van der Waals surface area contributed by atoms with Crippen molar-refractivity contribution in [2.45, 2.75) is 19.9 Å². The molecule has 0 spiro atoms. The molecule has 0 aliphatic heterocycles. The second-order valence-electron chi connectivity index (χ2n) is 4.28. The Bertz CT molecular complexity index is 482. The Morgan fingerprint density at radius 1 is 1.53 bits per heavy atom. The molecular weight excluding hydrogens is 244 g/mol. The Morgan fingerprint density at radius 3 is 2.84 bits per heavy atom. The maximum absolute atomic E-state index is 10.9. The first-order valence-corrected chi connectivity index (χ1v) is 6.15. The number of nitrogens with zero attached hydrogens (tertiary/aromatic N) is 3. The fraction of sp³-hybridized carbons (Fsp3) is 0.462. The Balaban J connectivity index is 2.83. The predicted octanol–water partition coefficient (Wildman–Crippen LogP) is 2.37. The SMILES string of the molecule is CCNc1cc(CN(C)CCC#N)ccc1[N+](=O)[O-]. The second-order valence-corrected chi connectivity index (χ2v) is 4.28. The largest absolute Gasteiger partial charge is 0.380 e. The fourth-order valence-electron chi connectivity index (χ4n) is 1.80. The number of rotatable bonds is 7. The van der Waals surface area contributed by atoms with E-state index in [0.717, 1.165) is 5.56 Å². The van der Waals surface area contributed by atoms with Crippen molar-refractivity contribution in [1.82, 2.24) is 4.90 Å². The highest BCUT2D eigenvalue weighted by Gasteiger charge is 2.13. The molecule has 0 heterocycles. The summed E-state index contributed by atoms with van der Waals surface area (Å²) in [7, 11) is 1.92. The maximum Gasteiger partial charge on any atom is 0.292 e. The van der Waals surface area contributed by atoms with Crippen LogP contribution in [-0.4, -0.2) is 30.0 Å². The molecule has 0 aromatic heterocycles. The molecule has 102 valence electrons. The van der Waals surface area contributed by atoms with Crippen LogP contribution in [0, 0.1) is 21.4 Å². The third-order valence-electron chi connectivity index (χ3n) is 2.68. The third-order valence-corrected chi connectivity index (χ3v) is 2.68. The van der Waals surface area contributed by atoms with Crippen molar-refractivity contribution in [3.05, 3.63) is 33.9 Å². The number of nitriles is 1. The molecule has 0 fully saturated rings. The smallest absolute Gasteiger partial charge is 0.292 e. The molecule has 0 saturated heterocycles. The van der Waals surface area contributed by atoms with Gasteiger partial charge in [-0.15, -0.1) is 0 Å². The molecular formula is C13H18N4O2. The standard InChI is InChI=1S/C13H18N4O2/c1-3-15-12-9-11(5-6-13(12)17(18)19)10-16(2)8-4-7-14/h5-6,9,15H,3-4,8,10H2,1-2H3. The molecule has 0 radical (unpaired) electrons. The Kier molecular flexibility index (Phi) is 5.76. The average Bonchev–Trinajstić information content (AvgIpc) is 2.36. The van der Waals surface area contributed by atoms with Crippen molar-refractivity contribution >= 4 is 11.4 Å². The second kappa shape index (κ2) is 7.34. The molecule has 0 aliphatic rings. The minimum Gasteiger partial charge on any atom is -0.380 e. The lowest BCUT2D eigenvalue weighted by Crippen LogP contribution is -2.18. The van der Waals surface area contributed by atoms with Gasteiger partial charge < -0.3 is 10.2 Å². The molecule has 0 atom stereocenters. The summed E-state index contributed by atoms with van der Waals surface area (Å²) < 4.78 is 0. The molecule has 19 heavy (non-hydrogen) atoms. The van der Waals surface area contributed by atoms with Gasteiger partial charge in [0.2, 0.25) is 0 Å². The van der Waals surface area contributed by atoms with E-state index in [0.29, 0.717) is 31.7 Å². The Hall–Kier alpha value is -2.13. The highest BCUT2D eigenvalue weighted by molar-refractivity contribution is 5.62. The van der Waals surface area contributed by atoms with Crippen molar-refractivity contribution in [3.8, 4) is 6.07 Å². The van der Waals surface area contributed by atoms with Crippen LogP contribution in [0.1, 0.15) is 18.9 Å². The number of nitro benzene ring substituents is 1. The zero-order valence-electron chi connectivity index (χ0n) is 11.2. The topological polar surface area (TPSA) is 82.2 Å². The third kappa shape index (κ3) is 4.56. The normalized spacial score (nSPS) is 10.2. The van der Waals surface area contributed by atoms with E-state index in [1.54, 1.807) is 12.1 Å². The lowest BCUT2D eigenvalue weighted by atomic mass is 10.1. The van der Waals surface area contributed by atoms with Gasteiger partial charge in [0.25, 0.3) is 5.69 Å². The van der Waals surface area contributed by atoms with Crippen molar-refractivity contribution in [1.29, 1.82) is 5.26 Å². The van der Waals surface area contributed by atoms with Crippen LogP contribution >= 0.6 is 0 Å². The van der Waals surface area contributed by atoms with E-state index in [4.69, 9.17) is 5.26 Å². The van der Waals surface area contributed by atoms with E-state index in [1.807, 2.05) is 18.9 Å². The molecule has 0 aliphatic carbocycles. The Labute approximate surface area is 112 Å². The molecule has 1 N–H and O–H groups in total. The van der Waals surface area contributed by atoms with Gasteiger partial charge in [-0.05, 0) is 25.6 Å². The van der Waals surface area contributed by atoms with Gasteiger partial charge in [0.05, 0.1) is 11.0 Å². The van der Waals surface area contributed by atoms with E-state index in [2.05, 4.69) is 11.4 Å². The minimum atomic E-state index is -0.388. The van der Waals surface area contributed by atoms with Crippen LogP contribution in [0.5, 0.6) is 0 Å². The molecule has 6 heteroatoms. The van der Waals surface area contributed by atoms with Crippen molar-refractivity contribution in [2.24, 2.45) is 0 Å². The zero-order chi connectivity index (χ0) is 14.3. The highest BCUT2D eigenvalue weighted by Crippen LogP contribution is 2.25. The number of anilines is 1. The predicted molar refractivity (Wildman–Crippen MR) is 73.8 cm³/mol. The minimum absolute atomic E-state index is 0.0882. The van der Waals surface area contributed by atoms with E-state index < -0.39 is 0 Å². The first-order chi connectivity index (χ1) is 9.08. The lowest BCUT2D eigenvalue weighted by Gasteiger charge is -2.15. The van der Waals surface area contributed by atoms with E-state index in [1.165, 1.54) is 6.07 Å². The maximum atomic E-state index is 10.9. The summed E-state index contributed by atoms with van der Waals surface area (Å²) in [6.45, 7) is 3.88. The number of hydrogen-bond donors (Lipinski definition) is 1. The molecule has 1 aromatic rings. The van der Waals surface area contributed by atoms with Crippen molar-refractivity contribution in [2.75, 3.05) is 25.5 Å². The molecule has 0 unspecified atom stereocenters. The highest BCUT2D eigenvalue weighted by atomic mass is 16.6. The van der Waals surface area contributed by atoms with E-state index in [9.17, 15) is 10.1 Å². The number of nitrogens with one attached hydrogen (secondary N) is 1. The van der Waals surface area contributed by atoms with Gasteiger partial charge in [-0.2, -0.15) is 5.26 Å². The summed E-state index contributed by atoms with van der Waals surface area (Å²) in [6.07, 6.45) is 0.476. The van der Waals surface area contributed by atoms with Gasteiger partial charge >= 0.3 is 0 Å². The van der Waals surface area contributed by atoms with Gasteiger partial charge in [0.1, 0.15) is 5.69 Å². The summed E-state index contributed by atoms with van der Waals surface area (Å²) >= 11 is 0. The summed E-state index contributed by atoms with van der Waals surface area (Å²) in [5, 5.41) is 22.4. The number of benzene rings is 1. The Morgan fingerprint density at radius 2 is 2.26 bits per heavy atom. The van der Waals surface area contributed by atoms with Crippen molar-refractivity contribution in [3.63, 3.8) is 0 Å². The van der Waals surface area contributed by atoms with Gasteiger partial charge in [0.15, 0.2) is 0 Å². The average molecular weight is 262 g/mol. The van der Waals surface area contributed by atoms with E-state index in [-0.39, 0.29) is 10.6 Å². The molecule has 1 rings (SSSR count). The molecule has 0 saturated carbocycles. The van der Waals surface area contributed by atoms with Crippen LogP contribution < -0.4 is 5.32 Å². The number of nitro groups is 1. The monoisotopic (exact) mass is 262 g/mol.